The van der Waals surface area contributed by atoms with Crippen LogP contribution in [0, 0.1) is 0 Å². The Balaban J connectivity index is 0.000000252. The molecule has 1 amide bonds. The first-order valence-corrected chi connectivity index (χ1v) is 10.2. The first-order valence-electron chi connectivity index (χ1n) is 10.2. The molecule has 1 aromatic heterocycles. The van der Waals surface area contributed by atoms with Gasteiger partial charge in [0.1, 0.15) is 0 Å². The highest BCUT2D eigenvalue weighted by molar-refractivity contribution is 5.85. The number of carbonyl (C=O) groups is 1. The Morgan fingerprint density at radius 2 is 1.72 bits per heavy atom. The van der Waals surface area contributed by atoms with Crippen LogP contribution in [-0.4, -0.2) is 42.6 Å². The highest BCUT2D eigenvalue weighted by Crippen LogP contribution is 2.25. The quantitative estimate of drug-likeness (QED) is 0.524. The lowest BCUT2D eigenvalue weighted by molar-refractivity contribution is -0.121. The van der Waals surface area contributed by atoms with Crippen LogP contribution < -0.4 is 5.73 Å². The Morgan fingerprint density at radius 3 is 2.31 bits per heavy atom. The number of rotatable bonds is 3. The zero-order valence-electron chi connectivity index (χ0n) is 17.6. The first kappa shape index (κ1) is 22.4. The van der Waals surface area contributed by atoms with E-state index in [-0.39, 0.29) is 0 Å². The summed E-state index contributed by atoms with van der Waals surface area (Å²) >= 11 is 0. The van der Waals surface area contributed by atoms with Gasteiger partial charge in [0.15, 0.2) is 0 Å². The van der Waals surface area contributed by atoms with Gasteiger partial charge in [-0.3, -0.25) is 4.79 Å². The summed E-state index contributed by atoms with van der Waals surface area (Å²) in [6.07, 6.45) is 1.87. The molecule has 3 aromatic rings. The van der Waals surface area contributed by atoms with Crippen molar-refractivity contribution in [3.05, 3.63) is 60.2 Å². The van der Waals surface area contributed by atoms with E-state index in [0.717, 1.165) is 48.4 Å². The zero-order chi connectivity index (χ0) is 21.1. The van der Waals surface area contributed by atoms with Crippen molar-refractivity contribution >= 4 is 23.0 Å². The first-order chi connectivity index (χ1) is 14.2. The normalized spacial score (nSPS) is 13.0. The van der Waals surface area contributed by atoms with Gasteiger partial charge in [-0.15, -0.1) is 0 Å². The highest BCUT2D eigenvalue weighted by Gasteiger charge is 2.06. The number of aryl methyl sites for hydroxylation is 1. The number of anilines is 1. The van der Waals surface area contributed by atoms with Crippen LogP contribution in [0.1, 0.15) is 26.3 Å². The molecule has 0 bridgehead atoms. The fourth-order valence-corrected chi connectivity index (χ4v) is 3.02. The summed E-state index contributed by atoms with van der Waals surface area (Å²) in [7, 11) is 0. The van der Waals surface area contributed by atoms with Crippen molar-refractivity contribution in [1.29, 1.82) is 0 Å². The summed E-state index contributed by atoms with van der Waals surface area (Å²) in [5, 5.41) is 1.24. The van der Waals surface area contributed by atoms with Crippen molar-refractivity contribution in [1.82, 2.24) is 9.88 Å². The van der Waals surface area contributed by atoms with Gasteiger partial charge in [-0.1, -0.05) is 51.1 Å². The minimum absolute atomic E-state index is 0.693. The largest absolute Gasteiger partial charge is 0.399 e. The second-order valence-electron chi connectivity index (χ2n) is 6.41. The number of fused-ring (bicyclic) bond motifs is 1. The number of morpholine rings is 1. The lowest BCUT2D eigenvalue weighted by Crippen LogP contribution is -2.34. The van der Waals surface area contributed by atoms with Crippen LogP contribution in [0.25, 0.3) is 22.2 Å². The van der Waals surface area contributed by atoms with E-state index in [1.807, 2.05) is 44.2 Å². The molecule has 2 heterocycles. The van der Waals surface area contributed by atoms with Crippen LogP contribution >= 0.6 is 0 Å². The number of pyridine rings is 1. The fraction of sp³-hybridized carbons (Fsp3) is 0.333. The third-order valence-electron chi connectivity index (χ3n) is 4.58. The molecule has 5 nitrogen and oxygen atoms in total. The Kier molecular flexibility index (Phi) is 9.12. The van der Waals surface area contributed by atoms with Gasteiger partial charge in [0.05, 0.1) is 24.4 Å². The summed E-state index contributed by atoms with van der Waals surface area (Å²) in [5.41, 5.74) is 11.0. The minimum atomic E-state index is 0.693. The van der Waals surface area contributed by atoms with Gasteiger partial charge in [-0.2, -0.15) is 0 Å². The Labute approximate surface area is 173 Å². The molecule has 1 aliphatic rings. The van der Waals surface area contributed by atoms with E-state index in [2.05, 4.69) is 31.2 Å². The van der Waals surface area contributed by atoms with Gasteiger partial charge >= 0.3 is 0 Å². The summed E-state index contributed by atoms with van der Waals surface area (Å²) in [4.78, 5) is 16.5. The molecule has 1 fully saturated rings. The molecule has 0 spiro atoms. The third kappa shape index (κ3) is 6.29. The molecule has 2 aromatic carbocycles. The van der Waals surface area contributed by atoms with Gasteiger partial charge in [-0.25, -0.2) is 4.98 Å². The molecule has 0 unspecified atom stereocenters. The maximum Gasteiger partial charge on any atom is 0.209 e. The summed E-state index contributed by atoms with van der Waals surface area (Å²) in [5.74, 6) is 0. The molecule has 1 aliphatic heterocycles. The number of nitrogens with zero attached hydrogens (tertiary/aromatic N) is 2. The molecule has 4 rings (SSSR count). The van der Waals surface area contributed by atoms with Crippen molar-refractivity contribution in [2.75, 3.05) is 32.0 Å². The Bertz CT molecular complexity index is 888. The highest BCUT2D eigenvalue weighted by atomic mass is 16.5. The number of carbonyl (C=O) groups excluding carboxylic acids is 1. The molecule has 29 heavy (non-hydrogen) atoms. The fourth-order valence-electron chi connectivity index (χ4n) is 3.02. The maximum atomic E-state index is 10.0. The van der Waals surface area contributed by atoms with E-state index >= 15 is 0 Å². The lowest BCUT2D eigenvalue weighted by Gasteiger charge is -2.21. The van der Waals surface area contributed by atoms with E-state index in [9.17, 15) is 4.79 Å². The van der Waals surface area contributed by atoms with Gasteiger partial charge in [0.25, 0.3) is 0 Å². The molecule has 5 heteroatoms. The van der Waals surface area contributed by atoms with Crippen molar-refractivity contribution in [3.8, 4) is 11.3 Å². The predicted octanol–water partition coefficient (Wildman–Crippen LogP) is 4.55. The Hall–Kier alpha value is -2.92. The second-order valence-corrected chi connectivity index (χ2v) is 6.41. The topological polar surface area (TPSA) is 68.5 Å². The number of hydrogen-bond donors (Lipinski definition) is 1. The average molecular weight is 394 g/mol. The number of hydrogen-bond acceptors (Lipinski definition) is 4. The molecular weight excluding hydrogens is 362 g/mol. The molecule has 0 radical (unpaired) electrons. The third-order valence-corrected chi connectivity index (χ3v) is 4.58. The van der Waals surface area contributed by atoms with Crippen LogP contribution in [-0.2, 0) is 16.0 Å². The average Bonchev–Trinajstić information content (AvgIpc) is 2.81. The number of para-hydroxylation sites is 1. The second kappa shape index (κ2) is 11.8. The van der Waals surface area contributed by atoms with E-state index in [0.29, 0.717) is 13.2 Å². The molecule has 1 saturated heterocycles. The summed E-state index contributed by atoms with van der Waals surface area (Å²) in [6, 6.07) is 18.3. The van der Waals surface area contributed by atoms with Crippen molar-refractivity contribution in [3.63, 3.8) is 0 Å². The van der Waals surface area contributed by atoms with Gasteiger partial charge in [-0.05, 0) is 36.2 Å². The van der Waals surface area contributed by atoms with E-state index in [1.54, 1.807) is 4.90 Å². The van der Waals surface area contributed by atoms with Crippen LogP contribution in [0.5, 0.6) is 0 Å². The number of benzene rings is 2. The van der Waals surface area contributed by atoms with Gasteiger partial charge < -0.3 is 15.4 Å². The zero-order valence-corrected chi connectivity index (χ0v) is 17.6. The lowest BCUT2D eigenvalue weighted by atomic mass is 10.0. The summed E-state index contributed by atoms with van der Waals surface area (Å²) < 4.78 is 5.00. The number of amides is 1. The van der Waals surface area contributed by atoms with E-state index in [4.69, 9.17) is 15.5 Å². The van der Waals surface area contributed by atoms with Crippen molar-refractivity contribution < 1.29 is 9.53 Å². The van der Waals surface area contributed by atoms with Crippen LogP contribution in [0.2, 0.25) is 0 Å². The van der Waals surface area contributed by atoms with E-state index < -0.39 is 0 Å². The number of nitrogen functional groups attached to an aromatic ring is 1. The number of aromatic nitrogens is 1. The molecule has 0 aliphatic carbocycles. The summed E-state index contributed by atoms with van der Waals surface area (Å²) in [6.45, 7) is 9.07. The molecule has 2 N–H and O–H groups in total. The van der Waals surface area contributed by atoms with Crippen LogP contribution in [0.4, 0.5) is 5.69 Å². The van der Waals surface area contributed by atoms with Crippen LogP contribution in [0.3, 0.4) is 0 Å². The molecule has 154 valence electrons. The molecule has 0 saturated carbocycles. The van der Waals surface area contributed by atoms with Crippen molar-refractivity contribution in [2.24, 2.45) is 0 Å². The van der Waals surface area contributed by atoms with E-state index in [1.165, 1.54) is 10.9 Å². The minimum Gasteiger partial charge on any atom is -0.399 e. The van der Waals surface area contributed by atoms with Gasteiger partial charge in [0, 0.05) is 29.7 Å². The Morgan fingerprint density at radius 1 is 1.07 bits per heavy atom. The predicted molar refractivity (Wildman–Crippen MR) is 121 cm³/mol. The smallest absolute Gasteiger partial charge is 0.209 e. The molecular formula is C24H31N3O2. The van der Waals surface area contributed by atoms with Crippen LogP contribution in [0.15, 0.2) is 54.6 Å². The standard InChI is InChI=1S/C17H16N2.C5H9NO2.C2H6/c1-2-12-11-17(13-7-9-14(18)10-8-13)19-16-6-4-3-5-15(12)16;7-5-6-1-3-8-4-2-6;1-2/h3-11H,2,18H2,1H3;5H,1-4H2;1-2H3. The SMILES string of the molecule is CC.CCc1cc(-c2ccc(N)cc2)nc2ccccc12.O=CN1CCOCC1. The number of nitrogens with two attached hydrogens (primary N) is 1. The maximum absolute atomic E-state index is 10.0. The van der Waals surface area contributed by atoms with Gasteiger partial charge in [0.2, 0.25) is 6.41 Å². The molecule has 0 atom stereocenters. The van der Waals surface area contributed by atoms with Crippen molar-refractivity contribution in [2.45, 2.75) is 27.2 Å². The number of ether oxygens (including phenoxy) is 1. The monoisotopic (exact) mass is 393 g/mol.